The highest BCUT2D eigenvalue weighted by atomic mass is 16.5. The normalized spacial score (nSPS) is 10.8. The number of amides is 1. The molecule has 8 nitrogen and oxygen atoms in total. The minimum absolute atomic E-state index is 0.122. The zero-order chi connectivity index (χ0) is 21.1. The molecule has 0 bridgehead atoms. The second kappa shape index (κ2) is 11.4. The number of carbonyl (C=O) groups excluding carboxylic acids is 1. The molecule has 0 aliphatic carbocycles. The second-order valence-corrected chi connectivity index (χ2v) is 6.01. The van der Waals surface area contributed by atoms with Gasteiger partial charge in [0.1, 0.15) is 12.4 Å². The fourth-order valence-electron chi connectivity index (χ4n) is 2.55. The molecule has 2 rings (SSSR count). The number of rotatable bonds is 9. The second-order valence-electron chi connectivity index (χ2n) is 6.01. The predicted molar refractivity (Wildman–Crippen MR) is 115 cm³/mol. The van der Waals surface area contributed by atoms with Crippen LogP contribution < -0.4 is 30.2 Å². The van der Waals surface area contributed by atoms with E-state index >= 15 is 0 Å². The van der Waals surface area contributed by atoms with Crippen LogP contribution in [0.3, 0.4) is 0 Å². The van der Waals surface area contributed by atoms with Crippen LogP contribution in [0.25, 0.3) is 0 Å². The Bertz CT molecular complexity index is 839. The zero-order valence-corrected chi connectivity index (χ0v) is 17.2. The fourth-order valence-corrected chi connectivity index (χ4v) is 2.55. The van der Waals surface area contributed by atoms with Crippen LogP contribution in [0.4, 0.5) is 11.4 Å². The Labute approximate surface area is 171 Å². The van der Waals surface area contributed by atoms with Gasteiger partial charge in [0.2, 0.25) is 5.91 Å². The molecule has 2 aromatic carbocycles. The van der Waals surface area contributed by atoms with Crippen molar-refractivity contribution in [1.82, 2.24) is 5.32 Å². The number of nitrogens with one attached hydrogen (secondary N) is 3. The number of anilines is 2. The zero-order valence-electron chi connectivity index (χ0n) is 17.2. The summed E-state index contributed by atoms with van der Waals surface area (Å²) in [7, 11) is 3.20. The van der Waals surface area contributed by atoms with Crippen molar-refractivity contribution in [1.29, 1.82) is 0 Å². The Hall–Kier alpha value is -3.42. The van der Waals surface area contributed by atoms with E-state index in [1.165, 1.54) is 6.92 Å². The summed E-state index contributed by atoms with van der Waals surface area (Å²) < 4.78 is 16.3. The first-order valence-corrected chi connectivity index (χ1v) is 9.33. The van der Waals surface area contributed by atoms with Gasteiger partial charge in [-0.15, -0.1) is 0 Å². The molecule has 0 heterocycles. The fraction of sp³-hybridized carbons (Fsp3) is 0.333. The summed E-state index contributed by atoms with van der Waals surface area (Å²) in [6.45, 7) is 5.03. The number of carbonyl (C=O) groups is 1. The monoisotopic (exact) mass is 400 g/mol. The molecule has 0 unspecified atom stereocenters. The lowest BCUT2D eigenvalue weighted by Crippen LogP contribution is -2.31. The van der Waals surface area contributed by atoms with E-state index in [2.05, 4.69) is 20.9 Å². The third-order valence-corrected chi connectivity index (χ3v) is 3.77. The third kappa shape index (κ3) is 7.25. The van der Waals surface area contributed by atoms with Gasteiger partial charge in [0, 0.05) is 37.0 Å². The lowest BCUT2D eigenvalue weighted by Gasteiger charge is -2.14. The van der Waals surface area contributed by atoms with Gasteiger partial charge in [-0.05, 0) is 31.2 Å². The average molecular weight is 400 g/mol. The Morgan fingerprint density at radius 1 is 1.00 bits per heavy atom. The van der Waals surface area contributed by atoms with Crippen LogP contribution in [-0.4, -0.2) is 45.8 Å². The Morgan fingerprint density at radius 3 is 2.45 bits per heavy atom. The molecule has 0 saturated heterocycles. The molecule has 1 amide bonds. The van der Waals surface area contributed by atoms with Crippen molar-refractivity contribution in [3.8, 4) is 17.2 Å². The molecule has 0 aromatic heterocycles. The lowest BCUT2D eigenvalue weighted by atomic mass is 10.3. The minimum Gasteiger partial charge on any atom is -0.493 e. The Balaban J connectivity index is 1.95. The van der Waals surface area contributed by atoms with Gasteiger partial charge in [-0.25, -0.2) is 4.99 Å². The van der Waals surface area contributed by atoms with E-state index in [1.807, 2.05) is 43.3 Å². The van der Waals surface area contributed by atoms with Crippen molar-refractivity contribution in [2.24, 2.45) is 4.99 Å². The molecule has 0 aliphatic heterocycles. The number of hydrogen-bond acceptors (Lipinski definition) is 5. The molecule has 3 N–H and O–H groups in total. The van der Waals surface area contributed by atoms with E-state index in [4.69, 9.17) is 14.2 Å². The van der Waals surface area contributed by atoms with Crippen molar-refractivity contribution in [2.45, 2.75) is 13.8 Å². The van der Waals surface area contributed by atoms with Crippen LogP contribution in [0.5, 0.6) is 17.2 Å². The minimum atomic E-state index is -0.122. The molecule has 0 fully saturated rings. The summed E-state index contributed by atoms with van der Waals surface area (Å²) in [5.41, 5.74) is 1.52. The smallest absolute Gasteiger partial charge is 0.221 e. The molecule has 29 heavy (non-hydrogen) atoms. The first-order valence-electron chi connectivity index (χ1n) is 9.33. The van der Waals surface area contributed by atoms with Gasteiger partial charge in [-0.1, -0.05) is 6.07 Å². The van der Waals surface area contributed by atoms with Crippen molar-refractivity contribution < 1.29 is 19.0 Å². The van der Waals surface area contributed by atoms with Crippen LogP contribution in [0.15, 0.2) is 47.5 Å². The topological polar surface area (TPSA) is 93.2 Å². The SMILES string of the molecule is CCNC(=NCCOc1cccc(NC(C)=O)c1)Nc1ccc(OC)c(OC)c1. The highest BCUT2D eigenvalue weighted by Gasteiger charge is 2.06. The van der Waals surface area contributed by atoms with Gasteiger partial charge in [0.25, 0.3) is 0 Å². The van der Waals surface area contributed by atoms with E-state index in [1.54, 1.807) is 20.3 Å². The van der Waals surface area contributed by atoms with E-state index in [0.717, 1.165) is 12.2 Å². The Morgan fingerprint density at radius 2 is 1.76 bits per heavy atom. The van der Waals surface area contributed by atoms with E-state index < -0.39 is 0 Å². The predicted octanol–water partition coefficient (Wildman–Crippen LogP) is 3.12. The van der Waals surface area contributed by atoms with E-state index in [-0.39, 0.29) is 5.91 Å². The molecule has 8 heteroatoms. The number of methoxy groups -OCH3 is 2. The van der Waals surface area contributed by atoms with Crippen LogP contribution in [0.1, 0.15) is 13.8 Å². The van der Waals surface area contributed by atoms with E-state index in [9.17, 15) is 4.79 Å². The summed E-state index contributed by atoms with van der Waals surface area (Å²) in [5.74, 6) is 2.48. The maximum atomic E-state index is 11.1. The number of aliphatic imine (C=N–C) groups is 1. The molecule has 0 aliphatic rings. The Kier molecular flexibility index (Phi) is 8.62. The number of ether oxygens (including phenoxy) is 3. The summed E-state index contributed by atoms with van der Waals surface area (Å²) in [6.07, 6.45) is 0. The number of benzene rings is 2. The maximum absolute atomic E-state index is 11.1. The molecular weight excluding hydrogens is 372 g/mol. The molecule has 0 atom stereocenters. The van der Waals surface area contributed by atoms with Crippen molar-refractivity contribution in [3.05, 3.63) is 42.5 Å². The first kappa shape index (κ1) is 21.9. The number of guanidine groups is 1. The molecule has 0 spiro atoms. The summed E-state index contributed by atoms with van der Waals surface area (Å²) >= 11 is 0. The first-order chi connectivity index (χ1) is 14.0. The molecule has 0 radical (unpaired) electrons. The van der Waals surface area contributed by atoms with Gasteiger partial charge >= 0.3 is 0 Å². The van der Waals surface area contributed by atoms with Crippen LogP contribution in [0.2, 0.25) is 0 Å². The van der Waals surface area contributed by atoms with Gasteiger partial charge in [0.05, 0.1) is 20.8 Å². The highest BCUT2D eigenvalue weighted by molar-refractivity contribution is 5.94. The van der Waals surface area contributed by atoms with Gasteiger partial charge in [-0.3, -0.25) is 4.79 Å². The highest BCUT2D eigenvalue weighted by Crippen LogP contribution is 2.29. The third-order valence-electron chi connectivity index (χ3n) is 3.77. The van der Waals surface area contributed by atoms with Crippen LogP contribution >= 0.6 is 0 Å². The lowest BCUT2D eigenvalue weighted by molar-refractivity contribution is -0.114. The summed E-state index contributed by atoms with van der Waals surface area (Å²) in [4.78, 5) is 15.7. The van der Waals surface area contributed by atoms with Crippen LogP contribution in [0, 0.1) is 0 Å². The standard InChI is InChI=1S/C21H28N4O4/c1-5-22-21(25-17-9-10-19(27-3)20(14-17)28-4)23-11-12-29-18-8-6-7-16(13-18)24-15(2)26/h6-10,13-14H,5,11-12H2,1-4H3,(H,24,26)(H2,22,23,25). The molecule has 156 valence electrons. The van der Waals surface area contributed by atoms with Crippen LogP contribution in [-0.2, 0) is 4.79 Å². The maximum Gasteiger partial charge on any atom is 0.221 e. The average Bonchev–Trinajstić information content (AvgIpc) is 2.71. The summed E-state index contributed by atoms with van der Waals surface area (Å²) in [6, 6.07) is 12.8. The van der Waals surface area contributed by atoms with Crippen molar-refractivity contribution in [2.75, 3.05) is 44.5 Å². The molecule has 0 saturated carbocycles. The summed E-state index contributed by atoms with van der Waals surface area (Å²) in [5, 5.41) is 9.16. The largest absolute Gasteiger partial charge is 0.493 e. The molecule has 2 aromatic rings. The van der Waals surface area contributed by atoms with Crippen molar-refractivity contribution >= 4 is 23.2 Å². The number of hydrogen-bond donors (Lipinski definition) is 3. The number of nitrogens with zero attached hydrogens (tertiary/aromatic N) is 1. The molecular formula is C21H28N4O4. The van der Waals surface area contributed by atoms with E-state index in [0.29, 0.717) is 42.0 Å². The van der Waals surface area contributed by atoms with Crippen molar-refractivity contribution in [3.63, 3.8) is 0 Å². The van der Waals surface area contributed by atoms with Gasteiger partial charge in [0.15, 0.2) is 17.5 Å². The van der Waals surface area contributed by atoms with Gasteiger partial charge < -0.3 is 30.2 Å². The van der Waals surface area contributed by atoms with Gasteiger partial charge in [-0.2, -0.15) is 0 Å². The quantitative estimate of drug-likeness (QED) is 0.340.